The molecule has 2 N–H and O–H groups in total. The Bertz CT molecular complexity index is 467. The quantitative estimate of drug-likeness (QED) is 0.803. The molecule has 5 nitrogen and oxygen atoms in total. The monoisotopic (exact) mass is 232 g/mol. The Morgan fingerprint density at radius 1 is 1.53 bits per heavy atom. The lowest BCUT2D eigenvalue weighted by Crippen LogP contribution is -2.30. The molecule has 1 aromatic carbocycles. The number of hydrogen-bond acceptors (Lipinski definition) is 4. The van der Waals surface area contributed by atoms with Crippen molar-refractivity contribution in [2.45, 2.75) is 18.6 Å². The second-order valence-corrected chi connectivity index (χ2v) is 3.88. The van der Waals surface area contributed by atoms with E-state index >= 15 is 0 Å². The summed E-state index contributed by atoms with van der Waals surface area (Å²) in [5, 5.41) is 20.6. The zero-order valence-corrected chi connectivity index (χ0v) is 9.09. The third kappa shape index (κ3) is 2.55. The van der Waals surface area contributed by atoms with E-state index < -0.39 is 12.0 Å². The number of nitrogens with one attached hydrogen (secondary N) is 1. The summed E-state index contributed by atoms with van der Waals surface area (Å²) < 4.78 is 5.63. The molecule has 0 aromatic heterocycles. The zero-order valence-electron chi connectivity index (χ0n) is 9.09. The van der Waals surface area contributed by atoms with Crippen molar-refractivity contribution in [2.75, 3.05) is 6.54 Å². The van der Waals surface area contributed by atoms with Crippen molar-refractivity contribution in [3.8, 4) is 11.8 Å². The molecule has 17 heavy (non-hydrogen) atoms. The summed E-state index contributed by atoms with van der Waals surface area (Å²) in [5.74, 6) is -0.363. The van der Waals surface area contributed by atoms with Crippen molar-refractivity contribution >= 4 is 5.97 Å². The Morgan fingerprint density at radius 3 is 2.94 bits per heavy atom. The third-order valence-corrected chi connectivity index (χ3v) is 2.69. The highest BCUT2D eigenvalue weighted by atomic mass is 16.5. The Labute approximate surface area is 98.6 Å². The molecule has 0 unspecified atom stereocenters. The van der Waals surface area contributed by atoms with Crippen molar-refractivity contribution in [1.29, 1.82) is 5.26 Å². The largest absolute Gasteiger partial charge is 0.488 e. The smallest absolute Gasteiger partial charge is 0.320 e. The molecule has 0 spiro atoms. The van der Waals surface area contributed by atoms with Crippen LogP contribution in [-0.2, 0) is 4.79 Å². The summed E-state index contributed by atoms with van der Waals surface area (Å²) >= 11 is 0. The maximum absolute atomic E-state index is 10.8. The van der Waals surface area contributed by atoms with Gasteiger partial charge < -0.3 is 15.2 Å². The number of carboxylic acids is 1. The summed E-state index contributed by atoms with van der Waals surface area (Å²) in [7, 11) is 0. The van der Waals surface area contributed by atoms with Crippen molar-refractivity contribution in [1.82, 2.24) is 5.32 Å². The van der Waals surface area contributed by atoms with Gasteiger partial charge in [0.15, 0.2) is 0 Å². The molecule has 88 valence electrons. The van der Waals surface area contributed by atoms with Gasteiger partial charge in [0, 0.05) is 13.0 Å². The third-order valence-electron chi connectivity index (χ3n) is 2.69. The maximum atomic E-state index is 10.8. The highest BCUT2D eigenvalue weighted by Gasteiger charge is 2.30. The van der Waals surface area contributed by atoms with E-state index in [1.165, 1.54) is 0 Å². The van der Waals surface area contributed by atoms with Gasteiger partial charge >= 0.3 is 5.97 Å². The van der Waals surface area contributed by atoms with Gasteiger partial charge in [0.2, 0.25) is 0 Å². The fraction of sp³-hybridized carbons (Fsp3) is 0.333. The molecule has 0 aliphatic carbocycles. The molecular weight excluding hydrogens is 220 g/mol. The molecule has 1 heterocycles. The topological polar surface area (TPSA) is 82.3 Å². The summed E-state index contributed by atoms with van der Waals surface area (Å²) in [6.45, 7) is 0.483. The van der Waals surface area contributed by atoms with E-state index in [2.05, 4.69) is 5.32 Å². The lowest BCUT2D eigenvalue weighted by Gasteiger charge is -2.13. The lowest BCUT2D eigenvalue weighted by molar-refractivity contribution is -0.139. The van der Waals surface area contributed by atoms with Gasteiger partial charge in [-0.2, -0.15) is 5.26 Å². The molecule has 0 radical (unpaired) electrons. The molecule has 2 atom stereocenters. The van der Waals surface area contributed by atoms with Crippen molar-refractivity contribution in [3.63, 3.8) is 0 Å². The molecule has 1 aliphatic rings. The number of carbonyl (C=O) groups is 1. The summed E-state index contributed by atoms with van der Waals surface area (Å²) in [5.41, 5.74) is 0.464. The average Bonchev–Trinajstić information content (AvgIpc) is 2.78. The van der Waals surface area contributed by atoms with Crippen LogP contribution < -0.4 is 10.1 Å². The van der Waals surface area contributed by atoms with Crippen LogP contribution >= 0.6 is 0 Å². The molecule has 1 aromatic rings. The number of aliphatic carboxylic acids is 1. The van der Waals surface area contributed by atoms with Gasteiger partial charge in [-0.3, -0.25) is 4.79 Å². The Hall–Kier alpha value is -2.06. The first-order valence-corrected chi connectivity index (χ1v) is 5.32. The van der Waals surface area contributed by atoms with Gasteiger partial charge in [0.25, 0.3) is 0 Å². The minimum absolute atomic E-state index is 0.203. The van der Waals surface area contributed by atoms with E-state index in [9.17, 15) is 4.79 Å². The number of carboxylic acid groups (broad SMARTS) is 1. The van der Waals surface area contributed by atoms with Crippen LogP contribution in [0.1, 0.15) is 12.0 Å². The van der Waals surface area contributed by atoms with Crippen LogP contribution in [0.3, 0.4) is 0 Å². The maximum Gasteiger partial charge on any atom is 0.320 e. The van der Waals surface area contributed by atoms with Gasteiger partial charge in [-0.25, -0.2) is 0 Å². The number of ether oxygens (including phenoxy) is 1. The van der Waals surface area contributed by atoms with E-state index in [1.54, 1.807) is 24.3 Å². The average molecular weight is 232 g/mol. The summed E-state index contributed by atoms with van der Waals surface area (Å²) in [6, 6.07) is 8.42. The summed E-state index contributed by atoms with van der Waals surface area (Å²) in [6.07, 6.45) is 0.209. The second-order valence-electron chi connectivity index (χ2n) is 3.88. The second kappa shape index (κ2) is 4.85. The summed E-state index contributed by atoms with van der Waals surface area (Å²) in [4.78, 5) is 10.8. The van der Waals surface area contributed by atoms with Gasteiger partial charge in [-0.05, 0) is 12.1 Å². The zero-order chi connectivity index (χ0) is 12.3. The van der Waals surface area contributed by atoms with Gasteiger partial charge in [0.1, 0.15) is 24.0 Å². The van der Waals surface area contributed by atoms with Crippen molar-refractivity contribution in [2.24, 2.45) is 0 Å². The molecule has 1 fully saturated rings. The molecule has 1 saturated heterocycles. The highest BCUT2D eigenvalue weighted by molar-refractivity contribution is 5.73. The van der Waals surface area contributed by atoms with Crippen LogP contribution in [0.15, 0.2) is 24.3 Å². The predicted molar refractivity (Wildman–Crippen MR) is 59.6 cm³/mol. The number of rotatable bonds is 3. The minimum atomic E-state index is -0.871. The van der Waals surface area contributed by atoms with Crippen LogP contribution in [0.25, 0.3) is 0 Å². The van der Waals surface area contributed by atoms with Gasteiger partial charge in [-0.1, -0.05) is 12.1 Å². The van der Waals surface area contributed by atoms with E-state index in [-0.39, 0.29) is 6.10 Å². The van der Waals surface area contributed by atoms with Crippen LogP contribution in [0, 0.1) is 11.3 Å². The fourth-order valence-electron chi connectivity index (χ4n) is 1.82. The van der Waals surface area contributed by atoms with E-state index in [0.717, 1.165) is 0 Å². The number of nitrogens with zero attached hydrogens (tertiary/aromatic N) is 1. The minimum Gasteiger partial charge on any atom is -0.488 e. The first kappa shape index (κ1) is 11.4. The van der Waals surface area contributed by atoms with E-state index in [0.29, 0.717) is 24.3 Å². The normalized spacial score (nSPS) is 23.0. The van der Waals surface area contributed by atoms with Gasteiger partial charge in [-0.15, -0.1) is 0 Å². The number of para-hydroxylation sites is 1. The SMILES string of the molecule is N#Cc1ccccc1O[C@@H]1CN[C@H](C(=O)O)C1. The van der Waals surface area contributed by atoms with Crippen molar-refractivity contribution < 1.29 is 14.6 Å². The molecule has 0 amide bonds. The first-order valence-electron chi connectivity index (χ1n) is 5.32. The van der Waals surface area contributed by atoms with Gasteiger partial charge in [0.05, 0.1) is 5.56 Å². The number of nitriles is 1. The number of hydrogen-bond donors (Lipinski definition) is 2. The van der Waals surface area contributed by atoms with Crippen LogP contribution in [0.5, 0.6) is 5.75 Å². The van der Waals surface area contributed by atoms with E-state index in [1.807, 2.05) is 6.07 Å². The Balaban J connectivity index is 2.03. The highest BCUT2D eigenvalue weighted by Crippen LogP contribution is 2.21. The van der Waals surface area contributed by atoms with Crippen molar-refractivity contribution in [3.05, 3.63) is 29.8 Å². The molecule has 0 bridgehead atoms. The molecule has 0 saturated carbocycles. The molecule has 5 heteroatoms. The number of benzene rings is 1. The van der Waals surface area contributed by atoms with E-state index in [4.69, 9.17) is 15.1 Å². The predicted octanol–water partition coefficient (Wildman–Crippen LogP) is 0.752. The standard InChI is InChI=1S/C12H12N2O3/c13-6-8-3-1-2-4-11(8)17-9-5-10(12(15)16)14-7-9/h1-4,9-10,14H,5,7H2,(H,15,16)/t9-,10-/m0/s1. The molecule has 1 aliphatic heterocycles. The fourth-order valence-corrected chi connectivity index (χ4v) is 1.82. The Morgan fingerprint density at radius 2 is 2.29 bits per heavy atom. The Kier molecular flexibility index (Phi) is 3.26. The van der Waals surface area contributed by atoms with Crippen LogP contribution in [-0.4, -0.2) is 29.8 Å². The van der Waals surface area contributed by atoms with Crippen LogP contribution in [0.4, 0.5) is 0 Å². The molecule has 2 rings (SSSR count). The molecular formula is C12H12N2O3. The lowest BCUT2D eigenvalue weighted by atomic mass is 10.2. The van der Waals surface area contributed by atoms with Crippen LogP contribution in [0.2, 0.25) is 0 Å². The first-order chi connectivity index (χ1) is 8.20.